The summed E-state index contributed by atoms with van der Waals surface area (Å²) in [6.07, 6.45) is 0. The Labute approximate surface area is 170 Å². The van der Waals surface area contributed by atoms with E-state index < -0.39 is 0 Å². The van der Waals surface area contributed by atoms with E-state index in [9.17, 15) is 9.59 Å². The molecule has 0 unspecified atom stereocenters. The molecule has 0 aromatic heterocycles. The molecular formula is C21H15BrClNO3. The molecule has 3 aromatic rings. The van der Waals surface area contributed by atoms with Crippen LogP contribution >= 0.6 is 27.5 Å². The number of para-hydroxylation sites is 1. The first-order valence-electron chi connectivity index (χ1n) is 8.11. The Morgan fingerprint density at radius 1 is 0.963 bits per heavy atom. The van der Waals surface area contributed by atoms with E-state index in [1.807, 2.05) is 6.07 Å². The Balaban J connectivity index is 1.70. The van der Waals surface area contributed by atoms with Crippen LogP contribution in [0.2, 0.25) is 5.02 Å². The fourth-order valence-electron chi connectivity index (χ4n) is 2.46. The quantitative estimate of drug-likeness (QED) is 0.521. The summed E-state index contributed by atoms with van der Waals surface area (Å²) in [6.45, 7) is -0.227. The predicted molar refractivity (Wildman–Crippen MR) is 110 cm³/mol. The Kier molecular flexibility index (Phi) is 6.27. The average Bonchev–Trinajstić information content (AvgIpc) is 2.68. The standard InChI is InChI=1S/C21H15BrClNO3/c22-15-10-11-19(17(23)12-15)27-13-20(25)24-18-9-5-4-8-16(18)21(26)14-6-2-1-3-7-14/h1-12H,13H2,(H,24,25). The first-order chi connectivity index (χ1) is 13.0. The van der Waals surface area contributed by atoms with Crippen molar-refractivity contribution in [1.82, 2.24) is 0 Å². The van der Waals surface area contributed by atoms with Gasteiger partial charge in [-0.25, -0.2) is 0 Å². The first-order valence-corrected chi connectivity index (χ1v) is 9.28. The Bertz CT molecular complexity index is 976. The molecule has 0 aliphatic carbocycles. The molecule has 1 N–H and O–H groups in total. The molecule has 0 radical (unpaired) electrons. The minimum Gasteiger partial charge on any atom is -0.482 e. The van der Waals surface area contributed by atoms with Gasteiger partial charge in [0, 0.05) is 15.6 Å². The van der Waals surface area contributed by atoms with E-state index in [1.54, 1.807) is 66.7 Å². The molecule has 0 aliphatic rings. The van der Waals surface area contributed by atoms with E-state index in [4.69, 9.17) is 16.3 Å². The van der Waals surface area contributed by atoms with Gasteiger partial charge < -0.3 is 10.1 Å². The zero-order valence-corrected chi connectivity index (χ0v) is 16.5. The summed E-state index contributed by atoms with van der Waals surface area (Å²) in [6, 6.07) is 20.9. The van der Waals surface area contributed by atoms with Gasteiger partial charge in [0.15, 0.2) is 12.4 Å². The summed E-state index contributed by atoms with van der Waals surface area (Å²) < 4.78 is 6.28. The number of benzene rings is 3. The molecular weight excluding hydrogens is 430 g/mol. The van der Waals surface area contributed by atoms with Crippen LogP contribution in [-0.4, -0.2) is 18.3 Å². The highest BCUT2D eigenvalue weighted by molar-refractivity contribution is 9.10. The zero-order valence-electron chi connectivity index (χ0n) is 14.1. The Morgan fingerprint density at radius 2 is 1.67 bits per heavy atom. The summed E-state index contributed by atoms with van der Waals surface area (Å²) in [7, 11) is 0. The molecule has 0 saturated heterocycles. The number of halogens is 2. The lowest BCUT2D eigenvalue weighted by atomic mass is 10.0. The lowest BCUT2D eigenvalue weighted by molar-refractivity contribution is -0.118. The predicted octanol–water partition coefficient (Wildman–Crippen LogP) is 5.35. The summed E-state index contributed by atoms with van der Waals surface area (Å²) in [4.78, 5) is 25.0. The number of carbonyl (C=O) groups excluding carboxylic acids is 2. The topological polar surface area (TPSA) is 55.4 Å². The van der Waals surface area contributed by atoms with Crippen LogP contribution in [0.3, 0.4) is 0 Å². The SMILES string of the molecule is O=C(COc1ccc(Br)cc1Cl)Nc1ccccc1C(=O)c1ccccc1. The second-order valence-corrected chi connectivity index (χ2v) is 6.98. The maximum Gasteiger partial charge on any atom is 0.262 e. The summed E-state index contributed by atoms with van der Waals surface area (Å²) in [5.41, 5.74) is 1.40. The molecule has 0 spiro atoms. The molecule has 0 atom stereocenters. The third-order valence-electron chi connectivity index (χ3n) is 3.73. The fourth-order valence-corrected chi connectivity index (χ4v) is 3.18. The summed E-state index contributed by atoms with van der Waals surface area (Å²) >= 11 is 9.39. The number of nitrogens with one attached hydrogen (secondary N) is 1. The number of hydrogen-bond acceptors (Lipinski definition) is 3. The maximum atomic E-state index is 12.7. The minimum atomic E-state index is -0.387. The van der Waals surface area contributed by atoms with E-state index in [-0.39, 0.29) is 18.3 Å². The number of hydrogen-bond donors (Lipinski definition) is 1. The highest BCUT2D eigenvalue weighted by atomic mass is 79.9. The lowest BCUT2D eigenvalue weighted by Crippen LogP contribution is -2.21. The van der Waals surface area contributed by atoms with Crippen LogP contribution in [-0.2, 0) is 4.79 Å². The second kappa shape index (κ2) is 8.84. The second-order valence-electron chi connectivity index (χ2n) is 5.65. The molecule has 3 aromatic carbocycles. The van der Waals surface area contributed by atoms with Gasteiger partial charge >= 0.3 is 0 Å². The number of carbonyl (C=O) groups is 2. The molecule has 0 fully saturated rings. The number of ketones is 1. The van der Waals surface area contributed by atoms with Gasteiger partial charge in [-0.1, -0.05) is 70.0 Å². The smallest absolute Gasteiger partial charge is 0.262 e. The van der Waals surface area contributed by atoms with E-state index in [0.717, 1.165) is 4.47 Å². The van der Waals surface area contributed by atoms with Crippen molar-refractivity contribution in [3.05, 3.63) is 93.4 Å². The van der Waals surface area contributed by atoms with E-state index in [0.29, 0.717) is 27.6 Å². The summed E-state index contributed by atoms with van der Waals surface area (Å²) in [5, 5.41) is 3.13. The van der Waals surface area contributed by atoms with Crippen LogP contribution in [0.15, 0.2) is 77.3 Å². The van der Waals surface area contributed by atoms with Crippen molar-refractivity contribution in [1.29, 1.82) is 0 Å². The van der Waals surface area contributed by atoms with Crippen LogP contribution in [0.5, 0.6) is 5.75 Å². The molecule has 136 valence electrons. The average molecular weight is 445 g/mol. The van der Waals surface area contributed by atoms with Crippen LogP contribution in [0.1, 0.15) is 15.9 Å². The van der Waals surface area contributed by atoms with E-state index >= 15 is 0 Å². The third-order valence-corrected chi connectivity index (χ3v) is 4.52. The molecule has 3 rings (SSSR count). The monoisotopic (exact) mass is 443 g/mol. The molecule has 27 heavy (non-hydrogen) atoms. The van der Waals surface area contributed by atoms with Gasteiger partial charge in [0.2, 0.25) is 0 Å². The minimum absolute atomic E-state index is 0.164. The highest BCUT2D eigenvalue weighted by Crippen LogP contribution is 2.27. The number of ether oxygens (including phenoxy) is 1. The van der Waals surface area contributed by atoms with Crippen LogP contribution in [0.4, 0.5) is 5.69 Å². The van der Waals surface area contributed by atoms with Crippen molar-refractivity contribution in [3.8, 4) is 5.75 Å². The van der Waals surface area contributed by atoms with Gasteiger partial charge in [-0.15, -0.1) is 0 Å². The molecule has 1 amide bonds. The molecule has 6 heteroatoms. The number of amides is 1. The van der Waals surface area contributed by atoms with Gasteiger partial charge in [-0.2, -0.15) is 0 Å². The third kappa shape index (κ3) is 4.96. The van der Waals surface area contributed by atoms with E-state index in [1.165, 1.54) is 0 Å². The van der Waals surface area contributed by atoms with Crippen molar-refractivity contribution < 1.29 is 14.3 Å². The van der Waals surface area contributed by atoms with Crippen LogP contribution in [0, 0.1) is 0 Å². The molecule has 4 nitrogen and oxygen atoms in total. The summed E-state index contributed by atoms with van der Waals surface area (Å²) in [5.74, 6) is -0.144. The Morgan fingerprint density at radius 3 is 2.41 bits per heavy atom. The van der Waals surface area contributed by atoms with E-state index in [2.05, 4.69) is 21.2 Å². The molecule has 0 aliphatic heterocycles. The normalized spacial score (nSPS) is 10.3. The van der Waals surface area contributed by atoms with Gasteiger partial charge in [-0.05, 0) is 30.3 Å². The van der Waals surface area contributed by atoms with Crippen molar-refractivity contribution in [2.24, 2.45) is 0 Å². The maximum absolute atomic E-state index is 12.7. The molecule has 0 heterocycles. The largest absolute Gasteiger partial charge is 0.482 e. The lowest BCUT2D eigenvalue weighted by Gasteiger charge is -2.12. The molecule has 0 bridgehead atoms. The van der Waals surface area contributed by atoms with Gasteiger partial charge in [-0.3, -0.25) is 9.59 Å². The van der Waals surface area contributed by atoms with Crippen molar-refractivity contribution in [3.63, 3.8) is 0 Å². The first kappa shape index (κ1) is 19.1. The zero-order chi connectivity index (χ0) is 19.2. The van der Waals surface area contributed by atoms with Crippen LogP contribution in [0.25, 0.3) is 0 Å². The molecule has 0 saturated carbocycles. The Hall–Kier alpha value is -2.63. The van der Waals surface area contributed by atoms with Gasteiger partial charge in [0.05, 0.1) is 10.7 Å². The fraction of sp³-hybridized carbons (Fsp3) is 0.0476. The highest BCUT2D eigenvalue weighted by Gasteiger charge is 2.15. The van der Waals surface area contributed by atoms with Crippen molar-refractivity contribution in [2.75, 3.05) is 11.9 Å². The number of anilines is 1. The van der Waals surface area contributed by atoms with Gasteiger partial charge in [0.1, 0.15) is 5.75 Å². The van der Waals surface area contributed by atoms with Crippen molar-refractivity contribution in [2.45, 2.75) is 0 Å². The van der Waals surface area contributed by atoms with Gasteiger partial charge in [0.25, 0.3) is 5.91 Å². The number of rotatable bonds is 6. The van der Waals surface area contributed by atoms with Crippen LogP contribution < -0.4 is 10.1 Å². The van der Waals surface area contributed by atoms with Crippen molar-refractivity contribution >= 4 is 44.9 Å².